The number of rotatable bonds is 7. The number of anilines is 2. The average molecular weight is 283 g/mol. The SMILES string of the molecule is CCN(CC(=O)Nc1cc(F)ccc1N)C(C)COC. The number of nitrogen functional groups attached to an aromatic ring is 1. The fourth-order valence-electron chi connectivity index (χ4n) is 1.94. The number of hydrogen-bond donors (Lipinski definition) is 2. The summed E-state index contributed by atoms with van der Waals surface area (Å²) in [5.41, 5.74) is 6.33. The first-order valence-electron chi connectivity index (χ1n) is 6.55. The Morgan fingerprint density at radius 3 is 2.85 bits per heavy atom. The van der Waals surface area contributed by atoms with Gasteiger partial charge in [-0.2, -0.15) is 0 Å². The molecule has 0 bridgehead atoms. The minimum atomic E-state index is -0.436. The molecule has 0 fully saturated rings. The van der Waals surface area contributed by atoms with E-state index in [0.29, 0.717) is 18.0 Å². The zero-order valence-electron chi connectivity index (χ0n) is 12.1. The Morgan fingerprint density at radius 1 is 1.55 bits per heavy atom. The molecule has 20 heavy (non-hydrogen) atoms. The summed E-state index contributed by atoms with van der Waals surface area (Å²) >= 11 is 0. The summed E-state index contributed by atoms with van der Waals surface area (Å²) in [6, 6.07) is 4.02. The molecule has 1 atom stereocenters. The second-order valence-corrected chi connectivity index (χ2v) is 4.65. The molecule has 0 aromatic heterocycles. The van der Waals surface area contributed by atoms with Gasteiger partial charge in [0.1, 0.15) is 5.82 Å². The molecule has 0 spiro atoms. The Bertz CT molecular complexity index is 454. The van der Waals surface area contributed by atoms with Crippen LogP contribution in [0, 0.1) is 5.82 Å². The molecule has 0 aliphatic heterocycles. The molecule has 5 nitrogen and oxygen atoms in total. The van der Waals surface area contributed by atoms with Crippen LogP contribution in [0.3, 0.4) is 0 Å². The molecule has 0 heterocycles. The number of nitrogens with zero attached hydrogens (tertiary/aromatic N) is 1. The Balaban J connectivity index is 2.64. The average Bonchev–Trinajstić information content (AvgIpc) is 2.40. The number of carbonyl (C=O) groups is 1. The zero-order valence-corrected chi connectivity index (χ0v) is 12.1. The normalized spacial score (nSPS) is 12.4. The molecule has 3 N–H and O–H groups in total. The van der Waals surface area contributed by atoms with Crippen molar-refractivity contribution in [3.63, 3.8) is 0 Å². The van der Waals surface area contributed by atoms with Crippen molar-refractivity contribution < 1.29 is 13.9 Å². The number of carbonyl (C=O) groups excluding carboxylic acids is 1. The predicted octanol–water partition coefficient (Wildman–Crippen LogP) is 1.70. The summed E-state index contributed by atoms with van der Waals surface area (Å²) in [6.07, 6.45) is 0. The van der Waals surface area contributed by atoms with E-state index in [2.05, 4.69) is 5.32 Å². The summed E-state index contributed by atoms with van der Waals surface area (Å²) in [6.45, 7) is 5.42. The van der Waals surface area contributed by atoms with E-state index in [4.69, 9.17) is 10.5 Å². The van der Waals surface area contributed by atoms with Crippen LogP contribution in [0.25, 0.3) is 0 Å². The third kappa shape index (κ3) is 4.79. The van der Waals surface area contributed by atoms with Gasteiger partial charge in [0, 0.05) is 13.2 Å². The molecule has 1 unspecified atom stereocenters. The number of methoxy groups -OCH3 is 1. The number of likely N-dealkylation sites (N-methyl/N-ethyl adjacent to an activating group) is 1. The van der Waals surface area contributed by atoms with E-state index in [0.717, 1.165) is 6.54 Å². The minimum absolute atomic E-state index is 0.126. The van der Waals surface area contributed by atoms with Crippen molar-refractivity contribution in [1.82, 2.24) is 4.90 Å². The summed E-state index contributed by atoms with van der Waals surface area (Å²) in [4.78, 5) is 13.9. The highest BCUT2D eigenvalue weighted by molar-refractivity contribution is 5.95. The van der Waals surface area contributed by atoms with Gasteiger partial charge < -0.3 is 15.8 Å². The molecule has 0 aliphatic carbocycles. The van der Waals surface area contributed by atoms with Crippen molar-refractivity contribution in [2.75, 3.05) is 37.9 Å². The molecule has 112 valence electrons. The van der Waals surface area contributed by atoms with Crippen molar-refractivity contribution in [3.05, 3.63) is 24.0 Å². The largest absolute Gasteiger partial charge is 0.397 e. The van der Waals surface area contributed by atoms with E-state index < -0.39 is 5.82 Å². The van der Waals surface area contributed by atoms with Crippen LogP contribution in [-0.2, 0) is 9.53 Å². The van der Waals surface area contributed by atoms with Gasteiger partial charge in [0.25, 0.3) is 0 Å². The van der Waals surface area contributed by atoms with Crippen LogP contribution in [0.4, 0.5) is 15.8 Å². The van der Waals surface area contributed by atoms with Gasteiger partial charge in [0.05, 0.1) is 24.5 Å². The number of hydrogen-bond acceptors (Lipinski definition) is 4. The number of amides is 1. The van der Waals surface area contributed by atoms with E-state index >= 15 is 0 Å². The molecule has 6 heteroatoms. The molecule has 1 aromatic rings. The lowest BCUT2D eigenvalue weighted by molar-refractivity contribution is -0.118. The van der Waals surface area contributed by atoms with E-state index in [9.17, 15) is 9.18 Å². The van der Waals surface area contributed by atoms with Gasteiger partial charge in [-0.3, -0.25) is 9.69 Å². The van der Waals surface area contributed by atoms with Crippen LogP contribution in [0.1, 0.15) is 13.8 Å². The maximum absolute atomic E-state index is 13.1. The fraction of sp³-hybridized carbons (Fsp3) is 0.500. The molecule has 0 saturated carbocycles. The lowest BCUT2D eigenvalue weighted by Gasteiger charge is -2.26. The third-order valence-electron chi connectivity index (χ3n) is 3.07. The van der Waals surface area contributed by atoms with E-state index in [1.54, 1.807) is 7.11 Å². The number of ether oxygens (including phenoxy) is 1. The van der Waals surface area contributed by atoms with Gasteiger partial charge in [-0.15, -0.1) is 0 Å². The first-order chi connectivity index (χ1) is 9.47. The number of benzene rings is 1. The van der Waals surface area contributed by atoms with Crippen molar-refractivity contribution >= 4 is 17.3 Å². The van der Waals surface area contributed by atoms with Gasteiger partial charge in [0.15, 0.2) is 0 Å². The van der Waals surface area contributed by atoms with Gasteiger partial charge >= 0.3 is 0 Å². The van der Waals surface area contributed by atoms with Gasteiger partial charge in [0.2, 0.25) is 5.91 Å². The monoisotopic (exact) mass is 283 g/mol. The lowest BCUT2D eigenvalue weighted by Crippen LogP contribution is -2.41. The van der Waals surface area contributed by atoms with E-state index in [1.807, 2.05) is 18.7 Å². The van der Waals surface area contributed by atoms with Crippen molar-refractivity contribution in [1.29, 1.82) is 0 Å². The van der Waals surface area contributed by atoms with E-state index in [-0.39, 0.29) is 18.5 Å². The molecule has 0 aliphatic rings. The molecular weight excluding hydrogens is 261 g/mol. The summed E-state index contributed by atoms with van der Waals surface area (Å²) < 4.78 is 18.2. The van der Waals surface area contributed by atoms with Crippen LogP contribution < -0.4 is 11.1 Å². The molecule has 0 radical (unpaired) electrons. The molecule has 0 saturated heterocycles. The Kier molecular flexibility index (Phi) is 6.41. The topological polar surface area (TPSA) is 67.6 Å². The predicted molar refractivity (Wildman–Crippen MR) is 78.0 cm³/mol. The number of halogens is 1. The zero-order chi connectivity index (χ0) is 15.1. The maximum Gasteiger partial charge on any atom is 0.238 e. The third-order valence-corrected chi connectivity index (χ3v) is 3.07. The lowest BCUT2D eigenvalue weighted by atomic mass is 10.2. The summed E-state index contributed by atoms with van der Waals surface area (Å²) in [5.74, 6) is -0.665. The van der Waals surface area contributed by atoms with Crippen molar-refractivity contribution in [3.8, 4) is 0 Å². The standard InChI is InChI=1S/C14H22FN3O2/c1-4-18(10(2)9-20-3)8-14(19)17-13-7-11(15)5-6-12(13)16/h5-7,10H,4,8-9,16H2,1-3H3,(H,17,19). The highest BCUT2D eigenvalue weighted by Gasteiger charge is 2.16. The Morgan fingerprint density at radius 2 is 2.25 bits per heavy atom. The van der Waals surface area contributed by atoms with Gasteiger partial charge in [-0.25, -0.2) is 4.39 Å². The van der Waals surface area contributed by atoms with Crippen LogP contribution in [0.5, 0.6) is 0 Å². The van der Waals surface area contributed by atoms with Crippen LogP contribution in [0.15, 0.2) is 18.2 Å². The second-order valence-electron chi connectivity index (χ2n) is 4.65. The minimum Gasteiger partial charge on any atom is -0.397 e. The van der Waals surface area contributed by atoms with Crippen molar-refractivity contribution in [2.45, 2.75) is 19.9 Å². The summed E-state index contributed by atoms with van der Waals surface area (Å²) in [5, 5.41) is 2.63. The summed E-state index contributed by atoms with van der Waals surface area (Å²) in [7, 11) is 1.62. The van der Waals surface area contributed by atoms with Gasteiger partial charge in [-0.05, 0) is 31.7 Å². The van der Waals surface area contributed by atoms with Crippen molar-refractivity contribution in [2.24, 2.45) is 0 Å². The molecular formula is C14H22FN3O2. The van der Waals surface area contributed by atoms with Crippen LogP contribution in [0.2, 0.25) is 0 Å². The quantitative estimate of drug-likeness (QED) is 0.747. The first kappa shape index (κ1) is 16.4. The number of nitrogens with two attached hydrogens (primary N) is 1. The fourth-order valence-corrected chi connectivity index (χ4v) is 1.94. The highest BCUT2D eigenvalue weighted by Crippen LogP contribution is 2.19. The highest BCUT2D eigenvalue weighted by atomic mass is 19.1. The molecule has 1 aromatic carbocycles. The van der Waals surface area contributed by atoms with Crippen LogP contribution in [-0.4, -0.2) is 43.7 Å². The Labute approximate surface area is 118 Å². The molecule has 1 rings (SSSR count). The maximum atomic E-state index is 13.1. The van der Waals surface area contributed by atoms with Gasteiger partial charge in [-0.1, -0.05) is 6.92 Å². The smallest absolute Gasteiger partial charge is 0.238 e. The second kappa shape index (κ2) is 7.81. The molecule has 1 amide bonds. The number of nitrogens with one attached hydrogen (secondary N) is 1. The van der Waals surface area contributed by atoms with Crippen LogP contribution >= 0.6 is 0 Å². The Hall–Kier alpha value is -1.66. The first-order valence-corrected chi connectivity index (χ1v) is 6.55. The van der Waals surface area contributed by atoms with E-state index in [1.165, 1.54) is 18.2 Å².